The maximum atomic E-state index is 5.65. The Balaban J connectivity index is 2.23. The monoisotopic (exact) mass is 213 g/mol. The quantitative estimate of drug-likeness (QED) is 0.828. The molecule has 0 aromatic heterocycles. The van der Waals surface area contributed by atoms with Crippen molar-refractivity contribution in [1.82, 2.24) is 0 Å². The van der Waals surface area contributed by atoms with E-state index in [9.17, 15) is 0 Å². The van der Waals surface area contributed by atoms with Crippen molar-refractivity contribution in [3.05, 3.63) is 48.0 Å². The standard InChI is InChI=1S/C15H19N/c1-12(11-16)9-10-14-7-4-6-13-5-2-3-8-15(13)14/h2-8,12H,9-11,16H2,1H3. The van der Waals surface area contributed by atoms with Crippen molar-refractivity contribution < 1.29 is 0 Å². The van der Waals surface area contributed by atoms with Crippen molar-refractivity contribution in [2.24, 2.45) is 11.7 Å². The van der Waals surface area contributed by atoms with Crippen LogP contribution in [0.4, 0.5) is 0 Å². The fraction of sp³-hybridized carbons (Fsp3) is 0.333. The van der Waals surface area contributed by atoms with Crippen LogP contribution in [0.2, 0.25) is 0 Å². The van der Waals surface area contributed by atoms with Crippen LogP contribution in [0.1, 0.15) is 18.9 Å². The van der Waals surface area contributed by atoms with Crippen LogP contribution in [-0.2, 0) is 6.42 Å². The SMILES string of the molecule is CC(CN)CCc1cccc2ccccc12. The van der Waals surface area contributed by atoms with Gasteiger partial charge in [-0.3, -0.25) is 0 Å². The molecule has 2 aromatic carbocycles. The Morgan fingerprint density at radius 1 is 1.06 bits per heavy atom. The summed E-state index contributed by atoms with van der Waals surface area (Å²) >= 11 is 0. The van der Waals surface area contributed by atoms with Gasteiger partial charge in [-0.2, -0.15) is 0 Å². The third-order valence-corrected chi connectivity index (χ3v) is 3.19. The minimum absolute atomic E-state index is 0.610. The van der Waals surface area contributed by atoms with Crippen molar-refractivity contribution in [3.8, 4) is 0 Å². The Morgan fingerprint density at radius 2 is 1.81 bits per heavy atom. The Labute approximate surface area is 97.3 Å². The highest BCUT2D eigenvalue weighted by Gasteiger charge is 2.03. The summed E-state index contributed by atoms with van der Waals surface area (Å²) in [4.78, 5) is 0. The molecule has 0 fully saturated rings. The van der Waals surface area contributed by atoms with E-state index in [0.717, 1.165) is 13.0 Å². The second kappa shape index (κ2) is 5.13. The minimum atomic E-state index is 0.610. The van der Waals surface area contributed by atoms with Gasteiger partial charge in [0.05, 0.1) is 0 Å². The molecule has 0 amide bonds. The van der Waals surface area contributed by atoms with Crippen molar-refractivity contribution in [2.45, 2.75) is 19.8 Å². The number of benzene rings is 2. The zero-order valence-corrected chi connectivity index (χ0v) is 9.82. The first-order valence-electron chi connectivity index (χ1n) is 5.98. The predicted molar refractivity (Wildman–Crippen MR) is 70.5 cm³/mol. The molecule has 1 atom stereocenters. The first-order chi connectivity index (χ1) is 7.81. The summed E-state index contributed by atoms with van der Waals surface area (Å²) in [6.45, 7) is 3.00. The van der Waals surface area contributed by atoms with Gasteiger partial charge in [0.25, 0.3) is 0 Å². The van der Waals surface area contributed by atoms with Crippen LogP contribution in [0.5, 0.6) is 0 Å². The molecule has 0 aliphatic carbocycles. The van der Waals surface area contributed by atoms with Crippen LogP contribution in [-0.4, -0.2) is 6.54 Å². The predicted octanol–water partition coefficient (Wildman–Crippen LogP) is 3.37. The topological polar surface area (TPSA) is 26.0 Å². The average molecular weight is 213 g/mol. The summed E-state index contributed by atoms with van der Waals surface area (Å²) in [5, 5.41) is 2.72. The van der Waals surface area contributed by atoms with E-state index in [2.05, 4.69) is 49.4 Å². The van der Waals surface area contributed by atoms with Gasteiger partial charge in [-0.25, -0.2) is 0 Å². The molecule has 0 saturated carbocycles. The molecule has 0 spiro atoms. The fourth-order valence-electron chi connectivity index (χ4n) is 2.03. The lowest BCUT2D eigenvalue weighted by molar-refractivity contribution is 0.545. The first-order valence-corrected chi connectivity index (χ1v) is 5.98. The van der Waals surface area contributed by atoms with E-state index in [4.69, 9.17) is 5.73 Å². The third kappa shape index (κ3) is 2.42. The molecule has 0 radical (unpaired) electrons. The molecular formula is C15H19N. The van der Waals surface area contributed by atoms with Crippen LogP contribution in [0.15, 0.2) is 42.5 Å². The third-order valence-electron chi connectivity index (χ3n) is 3.19. The van der Waals surface area contributed by atoms with E-state index in [0.29, 0.717) is 5.92 Å². The molecule has 0 aliphatic rings. The minimum Gasteiger partial charge on any atom is -0.330 e. The van der Waals surface area contributed by atoms with Gasteiger partial charge < -0.3 is 5.73 Å². The number of nitrogens with two attached hydrogens (primary N) is 1. The highest BCUT2D eigenvalue weighted by atomic mass is 14.5. The molecule has 16 heavy (non-hydrogen) atoms. The molecule has 1 unspecified atom stereocenters. The van der Waals surface area contributed by atoms with Gasteiger partial charge in [-0.1, -0.05) is 49.4 Å². The van der Waals surface area contributed by atoms with Crippen molar-refractivity contribution >= 4 is 10.8 Å². The van der Waals surface area contributed by atoms with Crippen LogP contribution < -0.4 is 5.73 Å². The number of fused-ring (bicyclic) bond motifs is 1. The summed E-state index contributed by atoms with van der Waals surface area (Å²) < 4.78 is 0. The molecule has 2 N–H and O–H groups in total. The highest BCUT2D eigenvalue weighted by Crippen LogP contribution is 2.20. The van der Waals surface area contributed by atoms with E-state index in [-0.39, 0.29) is 0 Å². The van der Waals surface area contributed by atoms with E-state index in [1.807, 2.05) is 0 Å². The second-order valence-corrected chi connectivity index (χ2v) is 4.52. The molecule has 0 aliphatic heterocycles. The Bertz CT molecular complexity index is 456. The summed E-state index contributed by atoms with van der Waals surface area (Å²) in [6, 6.07) is 15.1. The van der Waals surface area contributed by atoms with Crippen molar-refractivity contribution in [2.75, 3.05) is 6.54 Å². The van der Waals surface area contributed by atoms with Gasteiger partial charge in [0, 0.05) is 0 Å². The smallest absolute Gasteiger partial charge is 0.00514 e. The lowest BCUT2D eigenvalue weighted by Gasteiger charge is -2.10. The lowest BCUT2D eigenvalue weighted by Crippen LogP contribution is -2.11. The van der Waals surface area contributed by atoms with E-state index >= 15 is 0 Å². The molecule has 0 heterocycles. The zero-order chi connectivity index (χ0) is 11.4. The summed E-state index contributed by atoms with van der Waals surface area (Å²) in [5.41, 5.74) is 7.09. The molecular weight excluding hydrogens is 194 g/mol. The second-order valence-electron chi connectivity index (χ2n) is 4.52. The molecule has 1 heteroatoms. The van der Waals surface area contributed by atoms with Crippen molar-refractivity contribution in [1.29, 1.82) is 0 Å². The van der Waals surface area contributed by atoms with Crippen molar-refractivity contribution in [3.63, 3.8) is 0 Å². The van der Waals surface area contributed by atoms with Crippen LogP contribution in [0.3, 0.4) is 0 Å². The molecule has 84 valence electrons. The highest BCUT2D eigenvalue weighted by molar-refractivity contribution is 5.85. The summed E-state index contributed by atoms with van der Waals surface area (Å²) in [6.07, 6.45) is 2.30. The lowest BCUT2D eigenvalue weighted by atomic mass is 9.97. The largest absolute Gasteiger partial charge is 0.330 e. The fourth-order valence-corrected chi connectivity index (χ4v) is 2.03. The number of aryl methyl sites for hydroxylation is 1. The normalized spacial score (nSPS) is 12.9. The van der Waals surface area contributed by atoms with Gasteiger partial charge in [-0.15, -0.1) is 0 Å². The van der Waals surface area contributed by atoms with Crippen LogP contribution in [0.25, 0.3) is 10.8 Å². The summed E-state index contributed by atoms with van der Waals surface area (Å²) in [5.74, 6) is 0.610. The molecule has 1 nitrogen and oxygen atoms in total. The van der Waals surface area contributed by atoms with Crippen LogP contribution >= 0.6 is 0 Å². The molecule has 0 bridgehead atoms. The van der Waals surface area contributed by atoms with Gasteiger partial charge in [0.15, 0.2) is 0 Å². The van der Waals surface area contributed by atoms with E-state index in [1.165, 1.54) is 22.8 Å². The maximum absolute atomic E-state index is 5.65. The van der Waals surface area contributed by atoms with E-state index in [1.54, 1.807) is 0 Å². The average Bonchev–Trinajstić information content (AvgIpc) is 2.35. The first kappa shape index (κ1) is 11.2. The van der Waals surface area contributed by atoms with Crippen LogP contribution in [0, 0.1) is 5.92 Å². The Kier molecular flexibility index (Phi) is 3.58. The van der Waals surface area contributed by atoms with Gasteiger partial charge in [0.2, 0.25) is 0 Å². The summed E-state index contributed by atoms with van der Waals surface area (Å²) in [7, 11) is 0. The zero-order valence-electron chi connectivity index (χ0n) is 9.82. The maximum Gasteiger partial charge on any atom is -0.00514 e. The Hall–Kier alpha value is -1.34. The number of hydrogen-bond acceptors (Lipinski definition) is 1. The van der Waals surface area contributed by atoms with Gasteiger partial charge >= 0.3 is 0 Å². The molecule has 2 aromatic rings. The van der Waals surface area contributed by atoms with E-state index < -0.39 is 0 Å². The van der Waals surface area contributed by atoms with Gasteiger partial charge in [-0.05, 0) is 41.6 Å². The Morgan fingerprint density at radius 3 is 2.62 bits per heavy atom. The number of rotatable bonds is 4. The molecule has 0 saturated heterocycles. The molecule has 2 rings (SSSR count). The van der Waals surface area contributed by atoms with Gasteiger partial charge in [0.1, 0.15) is 0 Å². The number of hydrogen-bond donors (Lipinski definition) is 1.